The van der Waals surface area contributed by atoms with Crippen molar-refractivity contribution < 1.29 is 4.79 Å². The molecule has 1 aliphatic heterocycles. The van der Waals surface area contributed by atoms with Crippen molar-refractivity contribution in [3.63, 3.8) is 0 Å². The fourth-order valence-corrected chi connectivity index (χ4v) is 3.54. The lowest BCUT2D eigenvalue weighted by atomic mass is 10.1. The van der Waals surface area contributed by atoms with E-state index < -0.39 is 0 Å². The Hall–Kier alpha value is -2.18. The van der Waals surface area contributed by atoms with Crippen molar-refractivity contribution in [3.8, 4) is 11.3 Å². The van der Waals surface area contributed by atoms with Gasteiger partial charge in [-0.1, -0.05) is 34.1 Å². The third-order valence-corrected chi connectivity index (χ3v) is 5.20. The molecule has 128 valence electrons. The van der Waals surface area contributed by atoms with Crippen molar-refractivity contribution in [1.29, 1.82) is 0 Å². The fraction of sp³-hybridized carbons (Fsp3) is 0.263. The third-order valence-electron chi connectivity index (χ3n) is 4.68. The van der Waals surface area contributed by atoms with Gasteiger partial charge in [-0.3, -0.25) is 9.69 Å². The summed E-state index contributed by atoms with van der Waals surface area (Å²) in [6, 6.07) is 14.4. The predicted octanol–water partition coefficient (Wildman–Crippen LogP) is 3.04. The molecule has 0 radical (unpaired) electrons. The largest absolute Gasteiger partial charge is 0.343 e. The second-order valence-corrected chi connectivity index (χ2v) is 7.18. The van der Waals surface area contributed by atoms with Crippen LogP contribution >= 0.6 is 15.9 Å². The number of hydrogen-bond donors (Lipinski definition) is 0. The molecule has 6 heteroatoms. The summed E-state index contributed by atoms with van der Waals surface area (Å²) >= 11 is 3.50. The van der Waals surface area contributed by atoms with E-state index in [2.05, 4.69) is 43.6 Å². The van der Waals surface area contributed by atoms with E-state index in [0.29, 0.717) is 0 Å². The van der Waals surface area contributed by atoms with Crippen LogP contribution in [0, 0.1) is 0 Å². The minimum atomic E-state index is 0.786. The zero-order chi connectivity index (χ0) is 17.2. The monoisotopic (exact) mass is 398 g/mol. The molecule has 3 aromatic rings. The van der Waals surface area contributed by atoms with E-state index in [9.17, 15) is 4.79 Å². The molecule has 1 aromatic carbocycles. The van der Waals surface area contributed by atoms with Gasteiger partial charge in [-0.15, -0.1) is 0 Å². The van der Waals surface area contributed by atoms with Crippen LogP contribution in [0.2, 0.25) is 0 Å². The van der Waals surface area contributed by atoms with Gasteiger partial charge in [0.05, 0.1) is 11.4 Å². The van der Waals surface area contributed by atoms with Crippen LogP contribution in [0.25, 0.3) is 16.9 Å². The Kier molecular flexibility index (Phi) is 4.55. The van der Waals surface area contributed by atoms with Crippen molar-refractivity contribution >= 4 is 28.0 Å². The first-order valence-corrected chi connectivity index (χ1v) is 9.17. The van der Waals surface area contributed by atoms with Crippen molar-refractivity contribution in [2.45, 2.75) is 6.54 Å². The van der Waals surface area contributed by atoms with Crippen LogP contribution < -0.4 is 0 Å². The van der Waals surface area contributed by atoms with Crippen LogP contribution in [0.1, 0.15) is 5.69 Å². The van der Waals surface area contributed by atoms with E-state index in [0.717, 1.165) is 60.5 Å². The van der Waals surface area contributed by atoms with E-state index >= 15 is 0 Å². The highest BCUT2D eigenvalue weighted by atomic mass is 79.9. The number of amides is 1. The summed E-state index contributed by atoms with van der Waals surface area (Å²) in [5.74, 6) is 0. The molecule has 0 atom stereocenters. The molecule has 25 heavy (non-hydrogen) atoms. The number of pyridine rings is 1. The van der Waals surface area contributed by atoms with Crippen LogP contribution in [0.4, 0.5) is 0 Å². The molecule has 1 fully saturated rings. The number of imidazole rings is 1. The molecule has 0 spiro atoms. The maximum atomic E-state index is 10.9. The lowest BCUT2D eigenvalue weighted by molar-refractivity contribution is -0.119. The molecule has 1 amide bonds. The van der Waals surface area contributed by atoms with Gasteiger partial charge in [0.1, 0.15) is 5.65 Å². The van der Waals surface area contributed by atoms with Gasteiger partial charge >= 0.3 is 0 Å². The van der Waals surface area contributed by atoms with E-state index in [-0.39, 0.29) is 0 Å². The van der Waals surface area contributed by atoms with E-state index in [1.807, 2.05) is 35.2 Å². The molecule has 0 saturated carbocycles. The zero-order valence-corrected chi connectivity index (χ0v) is 15.4. The number of carbonyl (C=O) groups is 1. The van der Waals surface area contributed by atoms with Gasteiger partial charge in [0.25, 0.3) is 0 Å². The Labute approximate surface area is 155 Å². The van der Waals surface area contributed by atoms with Gasteiger partial charge in [-0.05, 0) is 24.3 Å². The Morgan fingerprint density at radius 1 is 1.04 bits per heavy atom. The smallest absolute Gasteiger partial charge is 0.209 e. The third kappa shape index (κ3) is 3.32. The molecule has 1 saturated heterocycles. The number of nitrogens with zero attached hydrogens (tertiary/aromatic N) is 4. The van der Waals surface area contributed by atoms with Crippen LogP contribution in [0.3, 0.4) is 0 Å². The van der Waals surface area contributed by atoms with E-state index in [1.165, 1.54) is 5.69 Å². The van der Waals surface area contributed by atoms with Crippen molar-refractivity contribution in [3.05, 3.63) is 58.8 Å². The lowest BCUT2D eigenvalue weighted by Crippen LogP contribution is -2.45. The quantitative estimate of drug-likeness (QED) is 0.634. The topological polar surface area (TPSA) is 40.9 Å². The first-order valence-electron chi connectivity index (χ1n) is 8.38. The number of piperazine rings is 1. The highest BCUT2D eigenvalue weighted by molar-refractivity contribution is 9.10. The molecular formula is C19H19BrN4O. The number of benzene rings is 1. The van der Waals surface area contributed by atoms with Gasteiger partial charge in [-0.25, -0.2) is 4.98 Å². The van der Waals surface area contributed by atoms with Crippen molar-refractivity contribution in [1.82, 2.24) is 19.2 Å². The predicted molar refractivity (Wildman–Crippen MR) is 101 cm³/mol. The molecule has 0 bridgehead atoms. The number of aromatic nitrogens is 2. The van der Waals surface area contributed by atoms with Crippen LogP contribution in [0.5, 0.6) is 0 Å². The van der Waals surface area contributed by atoms with Crippen LogP contribution in [0.15, 0.2) is 53.1 Å². The number of fused-ring (bicyclic) bond motifs is 1. The highest BCUT2D eigenvalue weighted by Gasteiger charge is 2.20. The average molecular weight is 399 g/mol. The summed E-state index contributed by atoms with van der Waals surface area (Å²) in [6.07, 6.45) is 3.01. The summed E-state index contributed by atoms with van der Waals surface area (Å²) in [4.78, 5) is 20.0. The average Bonchev–Trinajstić information content (AvgIpc) is 3.02. The van der Waals surface area contributed by atoms with Gasteiger partial charge in [0, 0.05) is 49.0 Å². The Morgan fingerprint density at radius 2 is 1.80 bits per heavy atom. The van der Waals surface area contributed by atoms with Gasteiger partial charge < -0.3 is 9.30 Å². The molecular weight excluding hydrogens is 380 g/mol. The number of rotatable bonds is 4. The van der Waals surface area contributed by atoms with Crippen LogP contribution in [-0.2, 0) is 11.3 Å². The second-order valence-electron chi connectivity index (χ2n) is 6.26. The normalized spacial score (nSPS) is 15.6. The molecule has 5 nitrogen and oxygen atoms in total. The van der Waals surface area contributed by atoms with Crippen molar-refractivity contribution in [2.24, 2.45) is 0 Å². The summed E-state index contributed by atoms with van der Waals surface area (Å²) in [5.41, 5.74) is 4.30. The first kappa shape index (κ1) is 16.3. The minimum Gasteiger partial charge on any atom is -0.343 e. The minimum absolute atomic E-state index is 0.786. The molecule has 4 rings (SSSR count). The van der Waals surface area contributed by atoms with Crippen molar-refractivity contribution in [2.75, 3.05) is 26.2 Å². The van der Waals surface area contributed by atoms with Gasteiger partial charge in [0.2, 0.25) is 6.41 Å². The SMILES string of the molecule is O=CN1CCN(Cc2c(-c3ccc(Br)cc3)nc3ccccn23)CC1. The van der Waals surface area contributed by atoms with E-state index in [1.54, 1.807) is 0 Å². The van der Waals surface area contributed by atoms with Gasteiger partial charge in [-0.2, -0.15) is 0 Å². The van der Waals surface area contributed by atoms with Gasteiger partial charge in [0.15, 0.2) is 0 Å². The first-order chi connectivity index (χ1) is 12.2. The standard InChI is InChI=1S/C19H19BrN4O/c20-16-6-4-15(5-7-16)19-17(24-8-2-1-3-18(24)21-19)13-22-9-11-23(14-25)12-10-22/h1-8,14H,9-13H2. The molecule has 0 aliphatic carbocycles. The number of carbonyl (C=O) groups excluding carboxylic acids is 1. The summed E-state index contributed by atoms with van der Waals surface area (Å²) < 4.78 is 3.23. The fourth-order valence-electron chi connectivity index (χ4n) is 3.28. The number of hydrogen-bond acceptors (Lipinski definition) is 3. The Morgan fingerprint density at radius 3 is 2.52 bits per heavy atom. The zero-order valence-electron chi connectivity index (χ0n) is 13.8. The highest BCUT2D eigenvalue weighted by Crippen LogP contribution is 2.27. The van der Waals surface area contributed by atoms with Crippen LogP contribution in [-0.4, -0.2) is 51.8 Å². The molecule has 1 aliphatic rings. The maximum Gasteiger partial charge on any atom is 0.209 e. The molecule has 0 unspecified atom stereocenters. The second kappa shape index (κ2) is 6.98. The summed E-state index contributed by atoms with van der Waals surface area (Å²) in [6.45, 7) is 4.17. The summed E-state index contributed by atoms with van der Waals surface area (Å²) in [7, 11) is 0. The maximum absolute atomic E-state index is 10.9. The summed E-state index contributed by atoms with van der Waals surface area (Å²) in [5, 5.41) is 0. The molecule has 2 aromatic heterocycles. The Bertz CT molecular complexity index is 882. The van der Waals surface area contributed by atoms with E-state index in [4.69, 9.17) is 4.98 Å². The Balaban J connectivity index is 1.70. The molecule has 3 heterocycles. The number of halogens is 1. The molecule has 0 N–H and O–H groups in total. The lowest BCUT2D eigenvalue weighted by Gasteiger charge is -2.32.